The smallest absolute Gasteiger partial charge is 0.0725 e. The zero-order valence-corrected chi connectivity index (χ0v) is 16.9. The highest BCUT2D eigenvalue weighted by Gasteiger charge is 2.13. The van der Waals surface area contributed by atoms with E-state index in [1.807, 2.05) is 36.4 Å². The average Bonchev–Trinajstić information content (AvgIpc) is 2.71. The van der Waals surface area contributed by atoms with Crippen LogP contribution >= 0.6 is 36.2 Å². The van der Waals surface area contributed by atoms with Gasteiger partial charge in [-0.1, -0.05) is 59.9 Å². The lowest BCUT2D eigenvalue weighted by molar-refractivity contribution is 0.279. The van der Waals surface area contributed by atoms with Gasteiger partial charge in [0.05, 0.1) is 12.1 Å². The van der Waals surface area contributed by atoms with Gasteiger partial charge in [0.1, 0.15) is 0 Å². The fraction of sp³-hybridized carbons (Fsp3) is 0.0455. The van der Waals surface area contributed by atoms with Gasteiger partial charge in [0.15, 0.2) is 0 Å². The van der Waals surface area contributed by atoms with Gasteiger partial charge < -0.3 is 5.11 Å². The maximum absolute atomic E-state index is 9.80. The Morgan fingerprint density at radius 3 is 2.11 bits per heavy atom. The van der Waals surface area contributed by atoms with E-state index < -0.39 is 0 Å². The molecule has 5 heteroatoms. The van der Waals surface area contributed by atoms with Crippen LogP contribution in [0.2, 0.25) is 0 Å². The van der Waals surface area contributed by atoms with Crippen molar-refractivity contribution in [2.45, 2.75) is 31.1 Å². The fourth-order valence-electron chi connectivity index (χ4n) is 2.76. The van der Waals surface area contributed by atoms with E-state index in [0.717, 1.165) is 40.9 Å². The summed E-state index contributed by atoms with van der Waals surface area (Å²) in [5, 5.41) is 10.8. The normalized spacial score (nSPS) is 11.0. The lowest BCUT2D eigenvalue weighted by Crippen LogP contribution is -1.93. The molecule has 0 spiro atoms. The Bertz CT molecular complexity index is 1070. The van der Waals surface area contributed by atoms with Gasteiger partial charge in [0.2, 0.25) is 0 Å². The predicted molar refractivity (Wildman–Crippen MR) is 116 cm³/mol. The minimum absolute atomic E-state index is 0.0411. The number of rotatable bonds is 5. The Kier molecular flexibility index (Phi) is 5.74. The van der Waals surface area contributed by atoms with Crippen molar-refractivity contribution in [1.82, 2.24) is 4.98 Å². The van der Waals surface area contributed by atoms with E-state index >= 15 is 0 Å². The monoisotopic (exact) mass is 407 g/mol. The SMILES string of the molecule is OCc1cnc2cc(Sc3ccccc3)c(S)cc2c1Sc1ccccc1. The quantitative estimate of drug-likeness (QED) is 0.379. The average molecular weight is 408 g/mol. The lowest BCUT2D eigenvalue weighted by atomic mass is 10.1. The van der Waals surface area contributed by atoms with E-state index in [0.29, 0.717) is 0 Å². The summed E-state index contributed by atoms with van der Waals surface area (Å²) >= 11 is 8.04. The van der Waals surface area contributed by atoms with Gasteiger partial charge >= 0.3 is 0 Å². The van der Waals surface area contributed by atoms with Gasteiger partial charge in [0, 0.05) is 41.6 Å². The molecule has 1 N–H and O–H groups in total. The summed E-state index contributed by atoms with van der Waals surface area (Å²) in [7, 11) is 0. The largest absolute Gasteiger partial charge is 0.392 e. The molecular weight excluding hydrogens is 390 g/mol. The molecule has 3 aromatic carbocycles. The lowest BCUT2D eigenvalue weighted by Gasteiger charge is -2.13. The van der Waals surface area contributed by atoms with Crippen molar-refractivity contribution < 1.29 is 5.11 Å². The number of aliphatic hydroxyl groups is 1. The molecule has 0 atom stereocenters. The molecule has 27 heavy (non-hydrogen) atoms. The van der Waals surface area contributed by atoms with Crippen molar-refractivity contribution in [3.8, 4) is 0 Å². The number of pyridine rings is 1. The van der Waals surface area contributed by atoms with Crippen LogP contribution in [0.5, 0.6) is 0 Å². The molecule has 0 aliphatic heterocycles. The first kappa shape index (κ1) is 18.4. The second kappa shape index (κ2) is 8.40. The van der Waals surface area contributed by atoms with Crippen LogP contribution in [0.25, 0.3) is 10.9 Å². The fourth-order valence-corrected chi connectivity index (χ4v) is 5.02. The Labute approximate surface area is 172 Å². The molecule has 0 bridgehead atoms. The summed E-state index contributed by atoms with van der Waals surface area (Å²) in [6.07, 6.45) is 1.77. The molecule has 0 fully saturated rings. The molecule has 0 amide bonds. The number of thiol groups is 1. The van der Waals surface area contributed by atoms with Crippen LogP contribution in [-0.2, 0) is 6.61 Å². The molecule has 0 radical (unpaired) electrons. The minimum Gasteiger partial charge on any atom is -0.392 e. The number of nitrogens with zero attached hydrogens (tertiary/aromatic N) is 1. The highest BCUT2D eigenvalue weighted by Crippen LogP contribution is 2.40. The number of hydrogen-bond acceptors (Lipinski definition) is 5. The third-order valence-electron chi connectivity index (χ3n) is 4.08. The van der Waals surface area contributed by atoms with Crippen LogP contribution in [0.15, 0.2) is 103 Å². The molecule has 0 aliphatic rings. The molecule has 0 unspecified atom stereocenters. The number of benzene rings is 3. The summed E-state index contributed by atoms with van der Waals surface area (Å²) in [4.78, 5) is 9.87. The third-order valence-corrected chi connectivity index (χ3v) is 6.86. The zero-order valence-electron chi connectivity index (χ0n) is 14.4. The van der Waals surface area contributed by atoms with Crippen molar-refractivity contribution in [2.24, 2.45) is 0 Å². The number of hydrogen-bond donors (Lipinski definition) is 2. The maximum Gasteiger partial charge on any atom is 0.0725 e. The Morgan fingerprint density at radius 1 is 0.852 bits per heavy atom. The van der Waals surface area contributed by atoms with E-state index in [1.54, 1.807) is 29.7 Å². The standard InChI is InChI=1S/C22H17NOS3/c24-14-15-13-23-19-12-21(26-16-7-3-1-4-8-16)20(25)11-18(19)22(15)27-17-9-5-2-6-10-17/h1-13,24-25H,14H2. The Hall–Kier alpha value is -1.92. The summed E-state index contributed by atoms with van der Waals surface area (Å²) in [6.45, 7) is -0.0411. The van der Waals surface area contributed by atoms with Crippen LogP contribution < -0.4 is 0 Å². The Morgan fingerprint density at radius 2 is 1.48 bits per heavy atom. The second-order valence-electron chi connectivity index (χ2n) is 5.94. The van der Waals surface area contributed by atoms with E-state index in [4.69, 9.17) is 12.6 Å². The number of aliphatic hydroxyl groups excluding tert-OH is 1. The first-order valence-corrected chi connectivity index (χ1v) is 10.5. The second-order valence-corrected chi connectivity index (χ2v) is 8.62. The van der Waals surface area contributed by atoms with Crippen LogP contribution in [0, 0.1) is 0 Å². The summed E-state index contributed by atoms with van der Waals surface area (Å²) in [6, 6.07) is 24.5. The molecule has 0 aliphatic carbocycles. The minimum atomic E-state index is -0.0411. The number of fused-ring (bicyclic) bond motifs is 1. The van der Waals surface area contributed by atoms with Gasteiger partial charge in [-0.3, -0.25) is 4.98 Å². The predicted octanol–water partition coefficient (Wildman–Crippen LogP) is 6.32. The summed E-state index contributed by atoms with van der Waals surface area (Å²) in [5.41, 5.74) is 1.73. The molecule has 4 aromatic rings. The number of aromatic nitrogens is 1. The molecule has 4 rings (SSSR count). The van der Waals surface area contributed by atoms with E-state index in [1.165, 1.54) is 0 Å². The van der Waals surface area contributed by atoms with E-state index in [2.05, 4.69) is 41.4 Å². The van der Waals surface area contributed by atoms with Crippen molar-refractivity contribution >= 4 is 47.1 Å². The third kappa shape index (κ3) is 4.17. The van der Waals surface area contributed by atoms with Crippen molar-refractivity contribution in [3.05, 3.63) is 84.6 Å². The Balaban J connectivity index is 1.79. The van der Waals surface area contributed by atoms with Crippen LogP contribution in [0.3, 0.4) is 0 Å². The van der Waals surface area contributed by atoms with E-state index in [-0.39, 0.29) is 6.61 Å². The summed E-state index contributed by atoms with van der Waals surface area (Å²) in [5.74, 6) is 0. The van der Waals surface area contributed by atoms with Gasteiger partial charge in [0.25, 0.3) is 0 Å². The van der Waals surface area contributed by atoms with Crippen molar-refractivity contribution in [1.29, 1.82) is 0 Å². The van der Waals surface area contributed by atoms with Crippen molar-refractivity contribution in [2.75, 3.05) is 0 Å². The molecule has 1 aromatic heterocycles. The summed E-state index contributed by atoms with van der Waals surface area (Å²) < 4.78 is 0. The van der Waals surface area contributed by atoms with Crippen LogP contribution in [0.1, 0.15) is 5.56 Å². The van der Waals surface area contributed by atoms with Crippen LogP contribution in [0.4, 0.5) is 0 Å². The molecule has 2 nitrogen and oxygen atoms in total. The van der Waals surface area contributed by atoms with Crippen LogP contribution in [-0.4, -0.2) is 10.1 Å². The van der Waals surface area contributed by atoms with Gasteiger partial charge in [-0.15, -0.1) is 12.6 Å². The van der Waals surface area contributed by atoms with Gasteiger partial charge in [-0.05, 0) is 36.4 Å². The topological polar surface area (TPSA) is 33.1 Å². The van der Waals surface area contributed by atoms with E-state index in [9.17, 15) is 5.11 Å². The highest BCUT2D eigenvalue weighted by molar-refractivity contribution is 8.00. The molecule has 134 valence electrons. The first-order valence-electron chi connectivity index (χ1n) is 8.46. The van der Waals surface area contributed by atoms with Crippen molar-refractivity contribution in [3.63, 3.8) is 0 Å². The first-order chi connectivity index (χ1) is 13.2. The van der Waals surface area contributed by atoms with Gasteiger partial charge in [-0.2, -0.15) is 0 Å². The van der Waals surface area contributed by atoms with Gasteiger partial charge in [-0.25, -0.2) is 0 Å². The maximum atomic E-state index is 9.80. The molecular formula is C22H17NOS3. The zero-order chi connectivity index (χ0) is 18.6. The molecule has 0 saturated carbocycles. The molecule has 0 saturated heterocycles. The molecule has 1 heterocycles. The highest BCUT2D eigenvalue weighted by atomic mass is 32.2.